The van der Waals surface area contributed by atoms with Crippen molar-refractivity contribution in [2.45, 2.75) is 13.3 Å². The van der Waals surface area contributed by atoms with Gasteiger partial charge in [0.25, 0.3) is 5.91 Å². The number of nitrogens with zero attached hydrogens (tertiary/aromatic N) is 2. The van der Waals surface area contributed by atoms with Gasteiger partial charge in [-0.05, 0) is 43.3 Å². The number of nitriles is 1. The molecular formula is C18H16N4O3. The van der Waals surface area contributed by atoms with Crippen molar-refractivity contribution in [2.24, 2.45) is 5.10 Å². The van der Waals surface area contributed by atoms with Gasteiger partial charge in [-0.2, -0.15) is 10.4 Å². The van der Waals surface area contributed by atoms with Crippen LogP contribution in [-0.2, 0) is 4.79 Å². The van der Waals surface area contributed by atoms with Gasteiger partial charge in [-0.3, -0.25) is 9.59 Å². The maximum Gasteiger partial charge on any atom is 0.271 e. The molecule has 0 radical (unpaired) electrons. The van der Waals surface area contributed by atoms with Gasteiger partial charge in [-0.1, -0.05) is 12.1 Å². The fourth-order valence-electron chi connectivity index (χ4n) is 2.00. The predicted octanol–water partition coefficient (Wildman–Crippen LogP) is 2.40. The van der Waals surface area contributed by atoms with Crippen LogP contribution in [0, 0.1) is 11.3 Å². The third-order valence-electron chi connectivity index (χ3n) is 3.15. The number of aromatic hydroxyl groups is 1. The molecule has 126 valence electrons. The van der Waals surface area contributed by atoms with E-state index in [0.29, 0.717) is 17.0 Å². The van der Waals surface area contributed by atoms with E-state index < -0.39 is 5.91 Å². The number of benzene rings is 2. The average molecular weight is 336 g/mol. The minimum Gasteiger partial charge on any atom is -0.508 e. The van der Waals surface area contributed by atoms with Crippen molar-refractivity contribution in [3.05, 3.63) is 59.7 Å². The maximum atomic E-state index is 12.0. The lowest BCUT2D eigenvalue weighted by molar-refractivity contribution is -0.115. The van der Waals surface area contributed by atoms with Crippen LogP contribution in [0.15, 0.2) is 53.6 Å². The Morgan fingerprint density at radius 2 is 1.96 bits per heavy atom. The van der Waals surface area contributed by atoms with Gasteiger partial charge in [0.2, 0.25) is 5.91 Å². The Morgan fingerprint density at radius 3 is 2.68 bits per heavy atom. The number of carbonyl (C=O) groups is 2. The normalized spacial score (nSPS) is 10.6. The van der Waals surface area contributed by atoms with E-state index in [1.807, 2.05) is 6.07 Å². The standard InChI is InChI=1S/C18H16N4O3/c1-12(21-22-18(25)14-5-3-7-16(23)10-14)8-17(24)20-15-6-2-4-13(9-15)11-19/h2-7,9-10,23H,8H2,1H3,(H,20,24)(H,22,25)/b21-12+. The highest BCUT2D eigenvalue weighted by Gasteiger charge is 2.08. The lowest BCUT2D eigenvalue weighted by atomic mass is 10.2. The summed E-state index contributed by atoms with van der Waals surface area (Å²) in [4.78, 5) is 23.8. The Labute approximate surface area is 144 Å². The molecule has 0 aromatic heterocycles. The Kier molecular flexibility index (Phi) is 5.85. The minimum atomic E-state index is -0.489. The van der Waals surface area contributed by atoms with E-state index in [0.717, 1.165) is 0 Å². The van der Waals surface area contributed by atoms with E-state index in [4.69, 9.17) is 5.26 Å². The van der Waals surface area contributed by atoms with Gasteiger partial charge in [-0.25, -0.2) is 5.43 Å². The van der Waals surface area contributed by atoms with Crippen molar-refractivity contribution in [2.75, 3.05) is 5.32 Å². The number of phenols is 1. The van der Waals surface area contributed by atoms with Gasteiger partial charge < -0.3 is 10.4 Å². The number of hydrogen-bond donors (Lipinski definition) is 3. The summed E-state index contributed by atoms with van der Waals surface area (Å²) >= 11 is 0. The molecule has 0 bridgehead atoms. The number of phenolic OH excluding ortho intramolecular Hbond substituents is 1. The molecule has 0 aliphatic carbocycles. The van der Waals surface area contributed by atoms with Crippen LogP contribution < -0.4 is 10.7 Å². The second-order valence-electron chi connectivity index (χ2n) is 5.26. The van der Waals surface area contributed by atoms with Crippen molar-refractivity contribution in [3.8, 4) is 11.8 Å². The van der Waals surface area contributed by atoms with Gasteiger partial charge in [0.05, 0.1) is 18.1 Å². The Morgan fingerprint density at radius 1 is 1.20 bits per heavy atom. The summed E-state index contributed by atoms with van der Waals surface area (Å²) in [5, 5.41) is 24.7. The fourth-order valence-corrected chi connectivity index (χ4v) is 2.00. The lowest BCUT2D eigenvalue weighted by Crippen LogP contribution is -2.21. The second kappa shape index (κ2) is 8.26. The largest absolute Gasteiger partial charge is 0.508 e. The third-order valence-corrected chi connectivity index (χ3v) is 3.15. The number of carbonyl (C=O) groups excluding carboxylic acids is 2. The Balaban J connectivity index is 1.91. The summed E-state index contributed by atoms with van der Waals surface area (Å²) in [5.41, 5.74) is 3.95. The smallest absolute Gasteiger partial charge is 0.271 e. The minimum absolute atomic E-state index is 0.0168. The molecule has 0 atom stereocenters. The molecule has 0 saturated heterocycles. The number of hydrogen-bond acceptors (Lipinski definition) is 5. The fraction of sp³-hybridized carbons (Fsp3) is 0.111. The van der Waals surface area contributed by atoms with Gasteiger partial charge in [0.1, 0.15) is 5.75 Å². The molecule has 2 aromatic carbocycles. The average Bonchev–Trinajstić information content (AvgIpc) is 2.59. The quantitative estimate of drug-likeness (QED) is 0.574. The van der Waals surface area contributed by atoms with Crippen LogP contribution in [0.4, 0.5) is 5.69 Å². The van der Waals surface area contributed by atoms with Crippen molar-refractivity contribution in [1.29, 1.82) is 5.26 Å². The van der Waals surface area contributed by atoms with Crippen LogP contribution in [-0.4, -0.2) is 22.6 Å². The number of anilines is 1. The topological polar surface area (TPSA) is 115 Å². The van der Waals surface area contributed by atoms with Crippen molar-refractivity contribution in [1.82, 2.24) is 5.43 Å². The summed E-state index contributed by atoms with van der Waals surface area (Å²) in [7, 11) is 0. The van der Waals surface area contributed by atoms with Crippen LogP contribution in [0.1, 0.15) is 29.3 Å². The van der Waals surface area contributed by atoms with Crippen LogP contribution in [0.2, 0.25) is 0 Å². The van der Waals surface area contributed by atoms with E-state index in [-0.39, 0.29) is 23.6 Å². The first-order valence-corrected chi connectivity index (χ1v) is 7.40. The molecule has 0 fully saturated rings. The molecule has 0 unspecified atom stereocenters. The van der Waals surface area contributed by atoms with Crippen molar-refractivity contribution >= 4 is 23.2 Å². The third kappa shape index (κ3) is 5.48. The number of hydrazone groups is 1. The second-order valence-corrected chi connectivity index (χ2v) is 5.26. The molecule has 7 nitrogen and oxygen atoms in total. The van der Waals surface area contributed by atoms with E-state index in [2.05, 4.69) is 15.8 Å². The van der Waals surface area contributed by atoms with Gasteiger partial charge in [0.15, 0.2) is 0 Å². The molecule has 2 rings (SSSR count). The van der Waals surface area contributed by atoms with Crippen molar-refractivity contribution in [3.63, 3.8) is 0 Å². The van der Waals surface area contributed by atoms with Crippen LogP contribution in [0.5, 0.6) is 5.75 Å². The highest BCUT2D eigenvalue weighted by molar-refractivity contribution is 6.06. The molecule has 3 N–H and O–H groups in total. The molecule has 0 aliphatic rings. The van der Waals surface area contributed by atoms with Crippen LogP contribution >= 0.6 is 0 Å². The highest BCUT2D eigenvalue weighted by Crippen LogP contribution is 2.11. The Bertz CT molecular complexity index is 869. The summed E-state index contributed by atoms with van der Waals surface area (Å²) < 4.78 is 0. The SMILES string of the molecule is C/C(CC(=O)Nc1cccc(C#N)c1)=N\NC(=O)c1cccc(O)c1. The van der Waals surface area contributed by atoms with Crippen molar-refractivity contribution < 1.29 is 14.7 Å². The van der Waals surface area contributed by atoms with Gasteiger partial charge in [0, 0.05) is 17.0 Å². The monoisotopic (exact) mass is 336 g/mol. The molecule has 0 heterocycles. The summed E-state index contributed by atoms with van der Waals surface area (Å²) in [6.07, 6.45) is -0.0168. The molecule has 2 amide bonds. The highest BCUT2D eigenvalue weighted by atomic mass is 16.3. The number of amides is 2. The maximum absolute atomic E-state index is 12.0. The van der Waals surface area contributed by atoms with Crippen LogP contribution in [0.25, 0.3) is 0 Å². The summed E-state index contributed by atoms with van der Waals surface area (Å²) in [6, 6.07) is 14.4. The predicted molar refractivity (Wildman–Crippen MR) is 93.1 cm³/mol. The lowest BCUT2D eigenvalue weighted by Gasteiger charge is -2.06. The molecule has 25 heavy (non-hydrogen) atoms. The Hall–Kier alpha value is -3.66. The van der Waals surface area contributed by atoms with E-state index in [9.17, 15) is 14.7 Å². The zero-order chi connectivity index (χ0) is 18.2. The van der Waals surface area contributed by atoms with Gasteiger partial charge in [-0.15, -0.1) is 0 Å². The molecule has 7 heteroatoms. The molecule has 2 aromatic rings. The first-order chi connectivity index (χ1) is 12.0. The summed E-state index contributed by atoms with van der Waals surface area (Å²) in [5.74, 6) is -0.826. The number of nitrogens with one attached hydrogen (secondary N) is 2. The molecular weight excluding hydrogens is 320 g/mol. The molecule has 0 aliphatic heterocycles. The first-order valence-electron chi connectivity index (χ1n) is 7.40. The van der Waals surface area contributed by atoms with E-state index in [1.165, 1.54) is 18.2 Å². The van der Waals surface area contributed by atoms with E-state index in [1.54, 1.807) is 37.3 Å². The zero-order valence-electron chi connectivity index (χ0n) is 13.5. The number of rotatable bonds is 5. The zero-order valence-corrected chi connectivity index (χ0v) is 13.5. The van der Waals surface area contributed by atoms with Crippen LogP contribution in [0.3, 0.4) is 0 Å². The van der Waals surface area contributed by atoms with Gasteiger partial charge >= 0.3 is 0 Å². The summed E-state index contributed by atoms with van der Waals surface area (Å²) in [6.45, 7) is 1.61. The molecule has 0 saturated carbocycles. The first kappa shape index (κ1) is 17.7. The molecule has 0 spiro atoms. The van der Waals surface area contributed by atoms with E-state index >= 15 is 0 Å².